The number of thioether (sulfide) groups is 1. The van der Waals surface area contributed by atoms with Crippen LogP contribution < -0.4 is 5.32 Å². The lowest BCUT2D eigenvalue weighted by Crippen LogP contribution is -1.97. The van der Waals surface area contributed by atoms with Gasteiger partial charge in [0.1, 0.15) is 0 Å². The smallest absolute Gasteiger partial charge is 0.211 e. The number of anilines is 1. The second-order valence-corrected chi connectivity index (χ2v) is 5.84. The van der Waals surface area contributed by atoms with Crippen molar-refractivity contribution in [3.8, 4) is 0 Å². The molecule has 0 spiro atoms. The fourth-order valence-corrected chi connectivity index (χ4v) is 3.39. The van der Waals surface area contributed by atoms with Gasteiger partial charge >= 0.3 is 0 Å². The largest absolute Gasteiger partial charge is 0.328 e. The summed E-state index contributed by atoms with van der Waals surface area (Å²) in [5.41, 5.74) is 3.32. The second kappa shape index (κ2) is 7.36. The van der Waals surface area contributed by atoms with Crippen LogP contribution >= 0.6 is 27.7 Å². The minimum Gasteiger partial charge on any atom is -0.328 e. The standard InChI is InChI=1S/C15H14BrNOS/c16-14-7-3-1-5-12(14)9-19-10-13-6-2-4-8-15(13)17-11-18/h1-8,11H,9-10H2,(H,17,18). The number of carbonyl (C=O) groups excluding carboxylic acids is 1. The number of hydrogen-bond acceptors (Lipinski definition) is 2. The zero-order valence-electron chi connectivity index (χ0n) is 10.3. The first kappa shape index (κ1) is 14.2. The van der Waals surface area contributed by atoms with Gasteiger partial charge in [-0.2, -0.15) is 11.8 Å². The van der Waals surface area contributed by atoms with Crippen molar-refractivity contribution in [3.63, 3.8) is 0 Å². The summed E-state index contributed by atoms with van der Waals surface area (Å²) in [4.78, 5) is 10.5. The molecule has 0 saturated heterocycles. The lowest BCUT2D eigenvalue weighted by Gasteiger charge is -2.08. The lowest BCUT2D eigenvalue weighted by atomic mass is 10.2. The van der Waals surface area contributed by atoms with Crippen molar-refractivity contribution in [3.05, 3.63) is 64.1 Å². The van der Waals surface area contributed by atoms with Crippen LogP contribution in [0.4, 0.5) is 5.69 Å². The van der Waals surface area contributed by atoms with E-state index in [4.69, 9.17) is 0 Å². The quantitative estimate of drug-likeness (QED) is 0.790. The third-order valence-electron chi connectivity index (χ3n) is 2.70. The molecule has 0 unspecified atom stereocenters. The topological polar surface area (TPSA) is 29.1 Å². The van der Waals surface area contributed by atoms with Crippen molar-refractivity contribution in [2.24, 2.45) is 0 Å². The van der Waals surface area contributed by atoms with Gasteiger partial charge in [-0.1, -0.05) is 52.3 Å². The lowest BCUT2D eigenvalue weighted by molar-refractivity contribution is -0.105. The molecule has 0 heterocycles. The van der Waals surface area contributed by atoms with E-state index in [0.29, 0.717) is 0 Å². The fourth-order valence-electron chi connectivity index (χ4n) is 1.74. The predicted molar refractivity (Wildman–Crippen MR) is 85.3 cm³/mol. The number of benzene rings is 2. The number of carbonyl (C=O) groups is 1. The van der Waals surface area contributed by atoms with Crippen molar-refractivity contribution in [1.82, 2.24) is 0 Å². The van der Waals surface area contributed by atoms with E-state index in [2.05, 4.69) is 33.4 Å². The molecular weight excluding hydrogens is 322 g/mol. The zero-order chi connectivity index (χ0) is 13.5. The van der Waals surface area contributed by atoms with E-state index >= 15 is 0 Å². The molecule has 2 aromatic carbocycles. The van der Waals surface area contributed by atoms with Gasteiger partial charge in [0.2, 0.25) is 6.41 Å². The van der Waals surface area contributed by atoms with Crippen LogP contribution in [-0.4, -0.2) is 6.41 Å². The van der Waals surface area contributed by atoms with E-state index < -0.39 is 0 Å². The molecule has 0 aliphatic rings. The van der Waals surface area contributed by atoms with Crippen LogP contribution in [0.2, 0.25) is 0 Å². The Morgan fingerprint density at radius 3 is 2.37 bits per heavy atom. The summed E-state index contributed by atoms with van der Waals surface area (Å²) in [5.74, 6) is 1.81. The second-order valence-electron chi connectivity index (χ2n) is 4.00. The van der Waals surface area contributed by atoms with Crippen LogP contribution in [0.15, 0.2) is 53.0 Å². The molecule has 2 aromatic rings. The fraction of sp³-hybridized carbons (Fsp3) is 0.133. The van der Waals surface area contributed by atoms with Gasteiger partial charge < -0.3 is 5.32 Å². The van der Waals surface area contributed by atoms with Gasteiger partial charge in [0.05, 0.1) is 0 Å². The van der Waals surface area contributed by atoms with Crippen molar-refractivity contribution in [2.75, 3.05) is 5.32 Å². The van der Waals surface area contributed by atoms with Gasteiger partial charge in [0, 0.05) is 21.7 Å². The molecule has 0 fully saturated rings. The molecule has 2 nitrogen and oxygen atoms in total. The minimum atomic E-state index is 0.720. The van der Waals surface area contributed by atoms with E-state index in [9.17, 15) is 4.79 Å². The van der Waals surface area contributed by atoms with Crippen molar-refractivity contribution in [2.45, 2.75) is 11.5 Å². The number of rotatable bonds is 6. The number of amides is 1. The predicted octanol–water partition coefficient (Wildman–Crippen LogP) is 4.45. The molecule has 98 valence electrons. The average Bonchev–Trinajstić information content (AvgIpc) is 2.43. The summed E-state index contributed by atoms with van der Waals surface area (Å²) in [6, 6.07) is 16.1. The van der Waals surface area contributed by atoms with E-state index in [1.54, 1.807) is 0 Å². The molecule has 0 aromatic heterocycles. The summed E-state index contributed by atoms with van der Waals surface area (Å²) in [6.07, 6.45) is 0.720. The van der Waals surface area contributed by atoms with E-state index in [-0.39, 0.29) is 0 Å². The Bertz CT molecular complexity index is 559. The van der Waals surface area contributed by atoms with E-state index in [1.165, 1.54) is 5.56 Å². The molecular formula is C15H14BrNOS. The first-order valence-electron chi connectivity index (χ1n) is 5.90. The summed E-state index contributed by atoms with van der Waals surface area (Å²) < 4.78 is 1.14. The van der Waals surface area contributed by atoms with E-state index in [0.717, 1.165) is 33.6 Å². The number of halogens is 1. The summed E-state index contributed by atoms with van der Waals surface area (Å²) in [7, 11) is 0. The third-order valence-corrected chi connectivity index (χ3v) is 4.51. The number of hydrogen-bond donors (Lipinski definition) is 1. The molecule has 0 radical (unpaired) electrons. The highest BCUT2D eigenvalue weighted by atomic mass is 79.9. The van der Waals surface area contributed by atoms with Crippen LogP contribution in [0.25, 0.3) is 0 Å². The Kier molecular flexibility index (Phi) is 5.48. The van der Waals surface area contributed by atoms with Gasteiger partial charge in [-0.3, -0.25) is 4.79 Å². The maximum atomic E-state index is 10.5. The SMILES string of the molecule is O=CNc1ccccc1CSCc1ccccc1Br. The zero-order valence-corrected chi connectivity index (χ0v) is 12.7. The van der Waals surface area contributed by atoms with Crippen molar-refractivity contribution in [1.29, 1.82) is 0 Å². The van der Waals surface area contributed by atoms with E-state index in [1.807, 2.05) is 48.2 Å². The highest BCUT2D eigenvalue weighted by Crippen LogP contribution is 2.26. The van der Waals surface area contributed by atoms with Gasteiger partial charge in [-0.25, -0.2) is 0 Å². The molecule has 0 aliphatic heterocycles. The first-order chi connectivity index (χ1) is 9.31. The van der Waals surface area contributed by atoms with Crippen molar-refractivity contribution >= 4 is 39.8 Å². The Morgan fingerprint density at radius 2 is 1.63 bits per heavy atom. The summed E-state index contributed by atoms with van der Waals surface area (Å²) in [6.45, 7) is 0. The van der Waals surface area contributed by atoms with Crippen LogP contribution in [0.5, 0.6) is 0 Å². The maximum absolute atomic E-state index is 10.5. The molecule has 0 atom stereocenters. The third kappa shape index (κ3) is 4.11. The van der Waals surface area contributed by atoms with Crippen molar-refractivity contribution < 1.29 is 4.79 Å². The Balaban J connectivity index is 1.96. The van der Waals surface area contributed by atoms with Gasteiger partial charge in [0.15, 0.2) is 0 Å². The van der Waals surface area contributed by atoms with Gasteiger partial charge in [0.25, 0.3) is 0 Å². The average molecular weight is 336 g/mol. The molecule has 1 amide bonds. The molecule has 0 bridgehead atoms. The maximum Gasteiger partial charge on any atom is 0.211 e. The monoisotopic (exact) mass is 335 g/mol. The number of para-hydroxylation sites is 1. The normalized spacial score (nSPS) is 10.2. The molecule has 0 aliphatic carbocycles. The Morgan fingerprint density at radius 1 is 1.00 bits per heavy atom. The molecule has 19 heavy (non-hydrogen) atoms. The van der Waals surface area contributed by atoms with Gasteiger partial charge in [-0.15, -0.1) is 0 Å². The Labute approximate surface area is 125 Å². The van der Waals surface area contributed by atoms with Crippen LogP contribution in [0.3, 0.4) is 0 Å². The highest BCUT2D eigenvalue weighted by Gasteiger charge is 2.03. The molecule has 1 N–H and O–H groups in total. The van der Waals surface area contributed by atoms with Crippen LogP contribution in [-0.2, 0) is 16.3 Å². The van der Waals surface area contributed by atoms with Crippen LogP contribution in [0.1, 0.15) is 11.1 Å². The summed E-state index contributed by atoms with van der Waals surface area (Å²) in [5, 5.41) is 2.73. The van der Waals surface area contributed by atoms with Gasteiger partial charge in [-0.05, 0) is 23.3 Å². The number of nitrogens with one attached hydrogen (secondary N) is 1. The van der Waals surface area contributed by atoms with Crippen LogP contribution in [0, 0.1) is 0 Å². The molecule has 2 rings (SSSR count). The first-order valence-corrected chi connectivity index (χ1v) is 7.85. The summed E-state index contributed by atoms with van der Waals surface area (Å²) >= 11 is 5.38. The Hall–Kier alpha value is -1.26. The highest BCUT2D eigenvalue weighted by molar-refractivity contribution is 9.10. The molecule has 4 heteroatoms. The minimum absolute atomic E-state index is 0.720. The molecule has 0 saturated carbocycles.